The van der Waals surface area contributed by atoms with Crippen LogP contribution in [0.25, 0.3) is 0 Å². The summed E-state index contributed by atoms with van der Waals surface area (Å²) in [4.78, 5) is 0. The van der Waals surface area contributed by atoms with Crippen molar-refractivity contribution in [2.24, 2.45) is 17.3 Å². The molecule has 3 atom stereocenters. The van der Waals surface area contributed by atoms with Gasteiger partial charge in [0.2, 0.25) is 0 Å². The monoisotopic (exact) mass is 209 g/mol. The molecule has 2 rings (SSSR count). The largest absolute Gasteiger partial charge is 0.311 e. The molecule has 0 spiro atoms. The highest BCUT2D eigenvalue weighted by molar-refractivity contribution is 5.03. The molecule has 0 amide bonds. The zero-order chi connectivity index (χ0) is 11.1. The van der Waals surface area contributed by atoms with E-state index in [9.17, 15) is 0 Å². The fraction of sp³-hybridized carbons (Fsp3) is 1.00. The van der Waals surface area contributed by atoms with Crippen LogP contribution in [0.4, 0.5) is 0 Å². The molecule has 3 unspecified atom stereocenters. The van der Waals surface area contributed by atoms with Gasteiger partial charge in [0.1, 0.15) is 0 Å². The SMILES string of the molecule is CC(C)C1CCCC(NC2CC2(C)C)C1. The van der Waals surface area contributed by atoms with Crippen molar-refractivity contribution in [3.05, 3.63) is 0 Å². The van der Waals surface area contributed by atoms with E-state index in [0.29, 0.717) is 5.41 Å². The van der Waals surface area contributed by atoms with Gasteiger partial charge in [0.15, 0.2) is 0 Å². The van der Waals surface area contributed by atoms with Gasteiger partial charge in [-0.05, 0) is 36.5 Å². The Hall–Kier alpha value is -0.0400. The Morgan fingerprint density at radius 3 is 2.40 bits per heavy atom. The van der Waals surface area contributed by atoms with Crippen molar-refractivity contribution in [1.82, 2.24) is 5.32 Å². The van der Waals surface area contributed by atoms with Crippen molar-refractivity contribution in [2.45, 2.75) is 71.9 Å². The first kappa shape index (κ1) is 11.4. The Morgan fingerprint density at radius 2 is 1.87 bits per heavy atom. The molecule has 1 N–H and O–H groups in total. The van der Waals surface area contributed by atoms with E-state index in [1.807, 2.05) is 0 Å². The molecule has 1 heteroatoms. The van der Waals surface area contributed by atoms with E-state index in [2.05, 4.69) is 33.0 Å². The fourth-order valence-corrected chi connectivity index (χ4v) is 3.02. The molecule has 1 nitrogen and oxygen atoms in total. The Kier molecular flexibility index (Phi) is 3.12. The molecular weight excluding hydrogens is 182 g/mol. The molecule has 2 aliphatic carbocycles. The minimum absolute atomic E-state index is 0.588. The van der Waals surface area contributed by atoms with E-state index >= 15 is 0 Å². The van der Waals surface area contributed by atoms with Gasteiger partial charge in [-0.1, -0.05) is 40.5 Å². The summed E-state index contributed by atoms with van der Waals surface area (Å²) < 4.78 is 0. The van der Waals surface area contributed by atoms with Crippen molar-refractivity contribution in [3.8, 4) is 0 Å². The lowest BCUT2D eigenvalue weighted by Crippen LogP contribution is -2.38. The first-order valence-corrected chi connectivity index (χ1v) is 6.75. The maximum absolute atomic E-state index is 3.87. The van der Waals surface area contributed by atoms with E-state index in [0.717, 1.165) is 23.9 Å². The molecule has 0 aromatic heterocycles. The summed E-state index contributed by atoms with van der Waals surface area (Å²) in [6, 6.07) is 1.63. The molecule has 0 heterocycles. The standard InChI is InChI=1S/C14H27N/c1-10(2)11-6-5-7-12(8-11)15-13-9-14(13,3)4/h10-13,15H,5-9H2,1-4H3. The van der Waals surface area contributed by atoms with Crippen LogP contribution in [0.15, 0.2) is 0 Å². The van der Waals surface area contributed by atoms with Crippen molar-refractivity contribution >= 4 is 0 Å². The summed E-state index contributed by atoms with van der Waals surface area (Å²) in [7, 11) is 0. The van der Waals surface area contributed by atoms with Crippen LogP contribution in [-0.4, -0.2) is 12.1 Å². The van der Waals surface area contributed by atoms with E-state index in [1.54, 1.807) is 0 Å². The summed E-state index contributed by atoms with van der Waals surface area (Å²) >= 11 is 0. The topological polar surface area (TPSA) is 12.0 Å². The van der Waals surface area contributed by atoms with Crippen LogP contribution in [0.2, 0.25) is 0 Å². The Labute approximate surface area is 95.0 Å². The van der Waals surface area contributed by atoms with E-state index < -0.39 is 0 Å². The lowest BCUT2D eigenvalue weighted by atomic mass is 9.79. The molecule has 0 aromatic carbocycles. The van der Waals surface area contributed by atoms with Crippen LogP contribution in [0.1, 0.15) is 59.8 Å². The first-order valence-electron chi connectivity index (χ1n) is 6.75. The van der Waals surface area contributed by atoms with Gasteiger partial charge >= 0.3 is 0 Å². The van der Waals surface area contributed by atoms with Gasteiger partial charge in [-0.15, -0.1) is 0 Å². The molecule has 0 bridgehead atoms. The van der Waals surface area contributed by atoms with Gasteiger partial charge in [0, 0.05) is 12.1 Å². The molecule has 88 valence electrons. The normalized spacial score (nSPS) is 39.4. The highest BCUT2D eigenvalue weighted by atomic mass is 15.0. The molecule has 0 saturated heterocycles. The molecule has 2 aliphatic rings. The number of hydrogen-bond donors (Lipinski definition) is 1. The maximum atomic E-state index is 3.87. The average molecular weight is 209 g/mol. The zero-order valence-electron chi connectivity index (χ0n) is 10.8. The van der Waals surface area contributed by atoms with E-state index in [4.69, 9.17) is 0 Å². The molecule has 0 aromatic rings. The molecule has 15 heavy (non-hydrogen) atoms. The van der Waals surface area contributed by atoms with E-state index in [1.165, 1.54) is 32.1 Å². The lowest BCUT2D eigenvalue weighted by molar-refractivity contribution is 0.227. The predicted molar refractivity (Wildman–Crippen MR) is 65.9 cm³/mol. The highest BCUT2D eigenvalue weighted by Crippen LogP contribution is 2.45. The predicted octanol–water partition coefficient (Wildman–Crippen LogP) is 3.59. The third kappa shape index (κ3) is 2.75. The Bertz CT molecular complexity index is 217. The molecular formula is C14H27N. The summed E-state index contributed by atoms with van der Waals surface area (Å²) in [5, 5.41) is 3.87. The van der Waals surface area contributed by atoms with Gasteiger partial charge in [-0.2, -0.15) is 0 Å². The summed E-state index contributed by atoms with van der Waals surface area (Å²) in [5.41, 5.74) is 0.588. The smallest absolute Gasteiger partial charge is 0.0127 e. The number of rotatable bonds is 3. The summed E-state index contributed by atoms with van der Waals surface area (Å²) in [6.45, 7) is 9.53. The van der Waals surface area contributed by atoms with Crippen molar-refractivity contribution in [2.75, 3.05) is 0 Å². The second-order valence-electron chi connectivity index (χ2n) is 6.78. The van der Waals surface area contributed by atoms with Crippen molar-refractivity contribution in [1.29, 1.82) is 0 Å². The summed E-state index contributed by atoms with van der Waals surface area (Å²) in [6.07, 6.45) is 7.12. The van der Waals surface area contributed by atoms with Gasteiger partial charge < -0.3 is 5.32 Å². The minimum Gasteiger partial charge on any atom is -0.311 e. The zero-order valence-corrected chi connectivity index (χ0v) is 10.8. The van der Waals surface area contributed by atoms with Crippen LogP contribution in [-0.2, 0) is 0 Å². The maximum Gasteiger partial charge on any atom is 0.0127 e. The van der Waals surface area contributed by atoms with Crippen LogP contribution < -0.4 is 5.32 Å². The van der Waals surface area contributed by atoms with Crippen LogP contribution >= 0.6 is 0 Å². The molecule has 0 aliphatic heterocycles. The number of nitrogens with one attached hydrogen (secondary N) is 1. The van der Waals surface area contributed by atoms with E-state index in [-0.39, 0.29) is 0 Å². The second kappa shape index (κ2) is 4.08. The Balaban J connectivity index is 1.78. The third-order valence-corrected chi connectivity index (χ3v) is 4.61. The van der Waals surface area contributed by atoms with Crippen molar-refractivity contribution in [3.63, 3.8) is 0 Å². The Morgan fingerprint density at radius 1 is 1.20 bits per heavy atom. The second-order valence-corrected chi connectivity index (χ2v) is 6.78. The fourth-order valence-electron chi connectivity index (χ4n) is 3.02. The quantitative estimate of drug-likeness (QED) is 0.749. The van der Waals surface area contributed by atoms with Crippen LogP contribution in [0, 0.1) is 17.3 Å². The first-order chi connectivity index (χ1) is 6.99. The lowest BCUT2D eigenvalue weighted by Gasteiger charge is -2.32. The van der Waals surface area contributed by atoms with Gasteiger partial charge in [0.05, 0.1) is 0 Å². The highest BCUT2D eigenvalue weighted by Gasteiger charge is 2.46. The molecule has 0 radical (unpaired) electrons. The molecule has 2 fully saturated rings. The third-order valence-electron chi connectivity index (χ3n) is 4.61. The van der Waals surface area contributed by atoms with Crippen molar-refractivity contribution < 1.29 is 0 Å². The summed E-state index contributed by atoms with van der Waals surface area (Å²) in [5.74, 6) is 1.85. The van der Waals surface area contributed by atoms with Gasteiger partial charge in [0.25, 0.3) is 0 Å². The average Bonchev–Trinajstić information content (AvgIpc) is 2.74. The molecule has 2 saturated carbocycles. The van der Waals surface area contributed by atoms with Gasteiger partial charge in [-0.3, -0.25) is 0 Å². The van der Waals surface area contributed by atoms with Gasteiger partial charge in [-0.25, -0.2) is 0 Å². The minimum atomic E-state index is 0.588. The van der Waals surface area contributed by atoms with Crippen LogP contribution in [0.3, 0.4) is 0 Å². The van der Waals surface area contributed by atoms with Crippen LogP contribution in [0.5, 0.6) is 0 Å². The number of hydrogen-bond acceptors (Lipinski definition) is 1.